The first kappa shape index (κ1) is 18.9. The Bertz CT molecular complexity index is 940. The first-order chi connectivity index (χ1) is 14.2. The third-order valence-electron chi connectivity index (χ3n) is 5.21. The first-order valence-corrected chi connectivity index (χ1v) is 9.87. The van der Waals surface area contributed by atoms with Crippen LogP contribution in [0.25, 0.3) is 0 Å². The van der Waals surface area contributed by atoms with Gasteiger partial charge in [-0.05, 0) is 17.7 Å². The molecule has 1 saturated heterocycles. The first-order valence-electron chi connectivity index (χ1n) is 9.87. The van der Waals surface area contributed by atoms with Crippen molar-refractivity contribution in [1.29, 1.82) is 0 Å². The molecule has 6 heteroatoms. The van der Waals surface area contributed by atoms with Gasteiger partial charge in [-0.25, -0.2) is 9.97 Å². The van der Waals surface area contributed by atoms with Gasteiger partial charge in [-0.1, -0.05) is 48.5 Å². The summed E-state index contributed by atoms with van der Waals surface area (Å²) < 4.78 is 0. The van der Waals surface area contributed by atoms with E-state index in [-0.39, 0.29) is 5.91 Å². The quantitative estimate of drug-likeness (QED) is 0.673. The average molecular weight is 387 g/mol. The molecule has 0 saturated carbocycles. The van der Waals surface area contributed by atoms with Gasteiger partial charge in [0.05, 0.1) is 0 Å². The number of amides is 1. The summed E-state index contributed by atoms with van der Waals surface area (Å²) in [5.74, 6) is 0.713. The van der Waals surface area contributed by atoms with Crippen LogP contribution in [0.1, 0.15) is 16.1 Å². The van der Waals surface area contributed by atoms with E-state index in [1.807, 2.05) is 53.2 Å². The second kappa shape index (κ2) is 8.73. The third-order valence-corrected chi connectivity index (χ3v) is 5.21. The summed E-state index contributed by atoms with van der Waals surface area (Å²) in [6.07, 6.45) is 1.48. The Labute approximate surface area is 171 Å². The lowest BCUT2D eigenvalue weighted by molar-refractivity contribution is 0.0740. The Balaban J connectivity index is 1.40. The molecule has 0 bridgehead atoms. The fraction of sp³-hybridized carbons (Fsp3) is 0.261. The molecule has 1 fully saturated rings. The van der Waals surface area contributed by atoms with Crippen LogP contribution in [0.3, 0.4) is 0 Å². The van der Waals surface area contributed by atoms with E-state index in [1.165, 1.54) is 17.6 Å². The summed E-state index contributed by atoms with van der Waals surface area (Å²) in [6.45, 7) is 3.74. The number of hydrogen-bond acceptors (Lipinski definition) is 5. The largest absolute Gasteiger partial charge is 0.368 e. The molecule has 0 N–H and O–H groups in total. The van der Waals surface area contributed by atoms with Gasteiger partial charge < -0.3 is 14.7 Å². The number of para-hydroxylation sites is 1. The molecule has 0 radical (unpaired) electrons. The Kier molecular flexibility index (Phi) is 5.70. The van der Waals surface area contributed by atoms with Crippen molar-refractivity contribution < 1.29 is 4.79 Å². The zero-order valence-corrected chi connectivity index (χ0v) is 16.6. The van der Waals surface area contributed by atoms with Crippen LogP contribution in [0.2, 0.25) is 0 Å². The van der Waals surface area contributed by atoms with Crippen molar-refractivity contribution in [3.63, 3.8) is 0 Å². The predicted octanol–water partition coefficient (Wildman–Crippen LogP) is 3.08. The number of hydrogen-bond donors (Lipinski definition) is 0. The lowest BCUT2D eigenvalue weighted by atomic mass is 10.2. The highest BCUT2D eigenvalue weighted by Crippen LogP contribution is 2.18. The van der Waals surface area contributed by atoms with Crippen LogP contribution in [0, 0.1) is 0 Å². The van der Waals surface area contributed by atoms with Crippen LogP contribution in [-0.4, -0.2) is 54.0 Å². The molecule has 0 unspecified atom stereocenters. The van der Waals surface area contributed by atoms with Crippen LogP contribution < -0.4 is 9.80 Å². The molecule has 6 nitrogen and oxygen atoms in total. The van der Waals surface area contributed by atoms with Gasteiger partial charge in [0.15, 0.2) is 0 Å². The van der Waals surface area contributed by atoms with E-state index in [0.29, 0.717) is 18.8 Å². The number of benzene rings is 2. The molecule has 1 aliphatic rings. The normalized spacial score (nSPS) is 14.0. The van der Waals surface area contributed by atoms with Gasteiger partial charge in [-0.2, -0.15) is 0 Å². The van der Waals surface area contributed by atoms with E-state index in [1.54, 1.807) is 6.07 Å². The minimum absolute atomic E-state index is 0.0329. The molecule has 29 heavy (non-hydrogen) atoms. The molecule has 1 aliphatic heterocycles. The van der Waals surface area contributed by atoms with Gasteiger partial charge in [0.25, 0.3) is 5.91 Å². The monoisotopic (exact) mass is 387 g/mol. The van der Waals surface area contributed by atoms with E-state index in [4.69, 9.17) is 0 Å². The van der Waals surface area contributed by atoms with Gasteiger partial charge >= 0.3 is 0 Å². The average Bonchev–Trinajstić information content (AvgIpc) is 2.80. The molecule has 0 aliphatic carbocycles. The third kappa shape index (κ3) is 4.54. The number of nitrogens with zero attached hydrogens (tertiary/aromatic N) is 5. The highest BCUT2D eigenvalue weighted by atomic mass is 16.2. The molecule has 2 aromatic carbocycles. The van der Waals surface area contributed by atoms with Gasteiger partial charge in [-0.3, -0.25) is 4.79 Å². The molecule has 148 valence electrons. The van der Waals surface area contributed by atoms with Crippen molar-refractivity contribution in [2.45, 2.75) is 6.54 Å². The molecule has 1 amide bonds. The van der Waals surface area contributed by atoms with Crippen LogP contribution in [-0.2, 0) is 6.54 Å². The molecule has 3 aromatic rings. The van der Waals surface area contributed by atoms with E-state index >= 15 is 0 Å². The summed E-state index contributed by atoms with van der Waals surface area (Å²) >= 11 is 0. The summed E-state index contributed by atoms with van der Waals surface area (Å²) in [4.78, 5) is 27.8. The number of carbonyl (C=O) groups excluding carboxylic acids is 1. The lowest BCUT2D eigenvalue weighted by Crippen LogP contribution is -2.49. The Hall–Kier alpha value is -3.41. The predicted molar refractivity (Wildman–Crippen MR) is 115 cm³/mol. The lowest BCUT2D eigenvalue weighted by Gasteiger charge is -2.36. The Morgan fingerprint density at radius 1 is 0.931 bits per heavy atom. The molecular formula is C23H25N5O. The van der Waals surface area contributed by atoms with Crippen molar-refractivity contribution in [1.82, 2.24) is 14.9 Å². The summed E-state index contributed by atoms with van der Waals surface area (Å²) in [7, 11) is 1.97. The maximum absolute atomic E-state index is 13.0. The van der Waals surface area contributed by atoms with Crippen LogP contribution in [0.5, 0.6) is 0 Å². The molecule has 0 atom stereocenters. The van der Waals surface area contributed by atoms with Gasteiger partial charge in [-0.15, -0.1) is 0 Å². The van der Waals surface area contributed by atoms with E-state index in [2.05, 4.69) is 39.1 Å². The smallest absolute Gasteiger partial charge is 0.272 e. The summed E-state index contributed by atoms with van der Waals surface area (Å²) in [6, 6.07) is 22.3. The molecule has 2 heterocycles. The fourth-order valence-electron chi connectivity index (χ4n) is 3.58. The number of carbonyl (C=O) groups is 1. The highest BCUT2D eigenvalue weighted by Gasteiger charge is 2.23. The van der Waals surface area contributed by atoms with E-state index in [0.717, 1.165) is 25.5 Å². The maximum atomic E-state index is 13.0. The second-order valence-electron chi connectivity index (χ2n) is 7.22. The SMILES string of the molecule is CN(Cc1ccccc1)c1cc(C(=O)N2CCN(c3ccccc3)CC2)ncn1. The number of rotatable bonds is 5. The van der Waals surface area contributed by atoms with Crippen molar-refractivity contribution in [2.75, 3.05) is 43.0 Å². The Morgan fingerprint density at radius 2 is 1.59 bits per heavy atom. The number of anilines is 2. The van der Waals surface area contributed by atoms with Crippen LogP contribution in [0.15, 0.2) is 73.1 Å². The molecule has 1 aromatic heterocycles. The summed E-state index contributed by atoms with van der Waals surface area (Å²) in [5, 5.41) is 0. The fourth-order valence-corrected chi connectivity index (χ4v) is 3.58. The molecular weight excluding hydrogens is 362 g/mol. The van der Waals surface area contributed by atoms with E-state index in [9.17, 15) is 4.79 Å². The Morgan fingerprint density at radius 3 is 2.28 bits per heavy atom. The van der Waals surface area contributed by atoms with Crippen molar-refractivity contribution >= 4 is 17.4 Å². The zero-order valence-electron chi connectivity index (χ0n) is 16.6. The molecule has 4 rings (SSSR count). The highest BCUT2D eigenvalue weighted by molar-refractivity contribution is 5.93. The van der Waals surface area contributed by atoms with Gasteiger partial charge in [0, 0.05) is 51.5 Å². The second-order valence-corrected chi connectivity index (χ2v) is 7.22. The topological polar surface area (TPSA) is 52.6 Å². The van der Waals surface area contributed by atoms with Crippen molar-refractivity contribution in [3.05, 3.63) is 84.3 Å². The minimum Gasteiger partial charge on any atom is -0.368 e. The van der Waals surface area contributed by atoms with Crippen molar-refractivity contribution in [3.8, 4) is 0 Å². The molecule has 0 spiro atoms. The van der Waals surface area contributed by atoms with Crippen LogP contribution >= 0.6 is 0 Å². The van der Waals surface area contributed by atoms with E-state index < -0.39 is 0 Å². The maximum Gasteiger partial charge on any atom is 0.272 e. The van der Waals surface area contributed by atoms with Crippen LogP contribution in [0.4, 0.5) is 11.5 Å². The zero-order chi connectivity index (χ0) is 20.1. The minimum atomic E-state index is -0.0329. The summed E-state index contributed by atoms with van der Waals surface area (Å²) in [5.41, 5.74) is 2.84. The standard InChI is InChI=1S/C23H25N5O/c1-26(17-19-8-4-2-5-9-19)22-16-21(24-18-25-22)23(29)28-14-12-27(13-15-28)20-10-6-3-7-11-20/h2-11,16,18H,12-15,17H2,1H3. The number of piperazine rings is 1. The number of aromatic nitrogens is 2. The van der Waals surface area contributed by atoms with Gasteiger partial charge in [0.2, 0.25) is 0 Å². The van der Waals surface area contributed by atoms with Crippen molar-refractivity contribution in [2.24, 2.45) is 0 Å². The van der Waals surface area contributed by atoms with Gasteiger partial charge in [0.1, 0.15) is 17.8 Å².